The van der Waals surface area contributed by atoms with Crippen molar-refractivity contribution in [3.05, 3.63) is 48.1 Å². The van der Waals surface area contributed by atoms with Crippen LogP contribution in [0.15, 0.2) is 36.7 Å². The van der Waals surface area contributed by atoms with Gasteiger partial charge in [0.2, 0.25) is 5.91 Å². The highest BCUT2D eigenvalue weighted by Crippen LogP contribution is 2.33. The van der Waals surface area contributed by atoms with Gasteiger partial charge in [0.1, 0.15) is 23.8 Å². The highest BCUT2D eigenvalue weighted by molar-refractivity contribution is 5.80. The molecular formula is C27H38F2N2O3. The average Bonchev–Trinajstić information content (AvgIpc) is 2.80. The van der Waals surface area contributed by atoms with Crippen molar-refractivity contribution >= 4 is 11.5 Å². The highest BCUT2D eigenvalue weighted by Gasteiger charge is 2.25. The number of allylic oxidation sites excluding steroid dienone is 2. The van der Waals surface area contributed by atoms with Crippen molar-refractivity contribution in [2.75, 3.05) is 32.9 Å². The molecule has 2 aliphatic rings. The maximum absolute atomic E-state index is 14.8. The third-order valence-corrected chi connectivity index (χ3v) is 6.34. The maximum Gasteiger partial charge on any atom is 0.223 e. The number of piperidine rings is 1. The van der Waals surface area contributed by atoms with Crippen molar-refractivity contribution in [1.29, 1.82) is 0 Å². The summed E-state index contributed by atoms with van der Waals surface area (Å²) in [6, 6.07) is 5.02. The monoisotopic (exact) mass is 476 g/mol. The quantitative estimate of drug-likeness (QED) is 0.480. The predicted octanol–water partition coefficient (Wildman–Crippen LogP) is 5.47. The van der Waals surface area contributed by atoms with Gasteiger partial charge in [-0.2, -0.15) is 0 Å². The minimum absolute atomic E-state index is 0.0437. The van der Waals surface area contributed by atoms with Crippen LogP contribution in [0, 0.1) is 17.7 Å². The molecule has 0 spiro atoms. The number of carbonyl (C=O) groups is 1. The number of carbonyl (C=O) groups excluding carboxylic acids is 1. The van der Waals surface area contributed by atoms with Gasteiger partial charge in [-0.1, -0.05) is 6.08 Å². The highest BCUT2D eigenvalue weighted by atomic mass is 19.1. The standard InChI is InChI=1S/C27H38F2N2O3/c1-19(34-27(2,3)4)31-15-11-20(12-16-31)18-33-23-9-10-24(25(29)17-23)21-5-7-22(8-6-21)26(32)30-14-13-28/h5,9-10,17,20,22H,1,6-8,11-16,18H2,2-4H3,(H,30,32). The predicted molar refractivity (Wildman–Crippen MR) is 130 cm³/mol. The lowest BCUT2D eigenvalue weighted by atomic mass is 9.86. The first-order valence-electron chi connectivity index (χ1n) is 12.2. The van der Waals surface area contributed by atoms with E-state index >= 15 is 0 Å². The van der Waals surface area contributed by atoms with Gasteiger partial charge in [-0.3, -0.25) is 4.79 Å². The summed E-state index contributed by atoms with van der Waals surface area (Å²) in [5, 5.41) is 2.59. The number of hydrogen-bond acceptors (Lipinski definition) is 4. The van der Waals surface area contributed by atoms with Crippen LogP contribution >= 0.6 is 0 Å². The van der Waals surface area contributed by atoms with Gasteiger partial charge in [-0.15, -0.1) is 0 Å². The minimum Gasteiger partial charge on any atom is -0.493 e. The second-order valence-electron chi connectivity index (χ2n) is 10.2. The fourth-order valence-corrected chi connectivity index (χ4v) is 4.46. The zero-order chi connectivity index (χ0) is 24.7. The lowest BCUT2D eigenvalue weighted by molar-refractivity contribution is -0.125. The molecular weight excluding hydrogens is 438 g/mol. The lowest BCUT2D eigenvalue weighted by Gasteiger charge is -2.36. The van der Waals surface area contributed by atoms with Gasteiger partial charge in [-0.25, -0.2) is 8.78 Å². The molecule has 1 amide bonds. The van der Waals surface area contributed by atoms with E-state index in [1.807, 2.05) is 32.9 Å². The first-order chi connectivity index (χ1) is 16.2. The Morgan fingerprint density at radius 2 is 1.97 bits per heavy atom. The Morgan fingerprint density at radius 1 is 1.24 bits per heavy atom. The summed E-state index contributed by atoms with van der Waals surface area (Å²) in [7, 11) is 0. The van der Waals surface area contributed by atoms with Crippen LogP contribution < -0.4 is 10.1 Å². The van der Waals surface area contributed by atoms with Crippen LogP contribution in [-0.2, 0) is 9.53 Å². The molecule has 1 aliphatic carbocycles. The first kappa shape index (κ1) is 26.0. The number of nitrogens with one attached hydrogen (secondary N) is 1. The van der Waals surface area contributed by atoms with Gasteiger partial charge < -0.3 is 19.7 Å². The normalized spacial score (nSPS) is 19.4. The molecule has 5 nitrogen and oxygen atoms in total. The van der Waals surface area contributed by atoms with Crippen molar-refractivity contribution < 1.29 is 23.0 Å². The fraction of sp³-hybridized carbons (Fsp3) is 0.593. The third kappa shape index (κ3) is 7.47. The number of hydrogen-bond donors (Lipinski definition) is 1. The van der Waals surface area contributed by atoms with Crippen molar-refractivity contribution in [2.45, 2.75) is 58.5 Å². The molecule has 188 valence electrons. The summed E-state index contributed by atoms with van der Waals surface area (Å²) in [6.45, 7) is 11.9. The fourth-order valence-electron chi connectivity index (χ4n) is 4.46. The van der Waals surface area contributed by atoms with Crippen molar-refractivity contribution in [2.24, 2.45) is 11.8 Å². The molecule has 7 heteroatoms. The Labute approximate surface area is 202 Å². The molecule has 3 rings (SSSR count). The first-order valence-corrected chi connectivity index (χ1v) is 12.2. The van der Waals surface area contributed by atoms with Crippen LogP contribution in [0.4, 0.5) is 8.78 Å². The van der Waals surface area contributed by atoms with Gasteiger partial charge in [0, 0.05) is 37.2 Å². The van der Waals surface area contributed by atoms with E-state index in [0.717, 1.165) is 31.5 Å². The molecule has 34 heavy (non-hydrogen) atoms. The number of alkyl halides is 1. The van der Waals surface area contributed by atoms with Crippen molar-refractivity contribution in [3.8, 4) is 5.75 Å². The second kappa shape index (κ2) is 11.7. The zero-order valence-electron chi connectivity index (χ0n) is 20.7. The molecule has 1 fully saturated rings. The summed E-state index contributed by atoms with van der Waals surface area (Å²) in [5.41, 5.74) is 1.21. The van der Waals surface area contributed by atoms with Crippen molar-refractivity contribution in [1.82, 2.24) is 10.2 Å². The van der Waals surface area contributed by atoms with Crippen molar-refractivity contribution in [3.63, 3.8) is 0 Å². The summed E-state index contributed by atoms with van der Waals surface area (Å²) in [4.78, 5) is 14.2. The number of amides is 1. The minimum atomic E-state index is -0.569. The average molecular weight is 477 g/mol. The van der Waals surface area contributed by atoms with E-state index < -0.39 is 6.67 Å². The van der Waals surface area contributed by atoms with Crippen LogP contribution in [-0.4, -0.2) is 49.3 Å². The number of halogens is 2. The molecule has 0 saturated carbocycles. The van der Waals surface area contributed by atoms with E-state index in [1.54, 1.807) is 6.07 Å². The molecule has 1 heterocycles. The largest absolute Gasteiger partial charge is 0.493 e. The number of benzene rings is 1. The molecule has 0 radical (unpaired) electrons. The molecule has 1 aromatic carbocycles. The summed E-state index contributed by atoms with van der Waals surface area (Å²) in [6.07, 6.45) is 5.66. The molecule has 1 aromatic rings. The Kier molecular flexibility index (Phi) is 8.97. The lowest BCUT2D eigenvalue weighted by Crippen LogP contribution is -2.37. The Balaban J connectivity index is 1.47. The SMILES string of the molecule is C=C(OC(C)(C)C)N1CCC(COc2ccc(C3=CCC(C(=O)NCCF)CC3)c(F)c2)CC1. The van der Waals surface area contributed by atoms with Crippen LogP contribution in [0.5, 0.6) is 5.75 Å². The molecule has 0 aromatic heterocycles. The molecule has 1 unspecified atom stereocenters. The number of ether oxygens (including phenoxy) is 2. The Bertz CT molecular complexity index is 886. The van der Waals surface area contributed by atoms with E-state index in [2.05, 4.69) is 16.8 Å². The van der Waals surface area contributed by atoms with E-state index in [4.69, 9.17) is 9.47 Å². The zero-order valence-corrected chi connectivity index (χ0v) is 20.7. The van der Waals surface area contributed by atoms with E-state index in [-0.39, 0.29) is 29.8 Å². The number of nitrogens with zero attached hydrogens (tertiary/aromatic N) is 1. The van der Waals surface area contributed by atoms with E-state index in [1.165, 1.54) is 6.07 Å². The van der Waals surface area contributed by atoms with Gasteiger partial charge in [-0.05, 0) is 83.1 Å². The van der Waals surface area contributed by atoms with E-state index in [0.29, 0.717) is 49.0 Å². The molecule has 1 aliphatic heterocycles. The third-order valence-electron chi connectivity index (χ3n) is 6.34. The van der Waals surface area contributed by atoms with Crippen LogP contribution in [0.3, 0.4) is 0 Å². The Morgan fingerprint density at radius 3 is 2.56 bits per heavy atom. The van der Waals surface area contributed by atoms with Crippen LogP contribution in [0.1, 0.15) is 58.4 Å². The van der Waals surface area contributed by atoms with Crippen LogP contribution in [0.2, 0.25) is 0 Å². The van der Waals surface area contributed by atoms with E-state index in [9.17, 15) is 13.6 Å². The maximum atomic E-state index is 14.8. The molecule has 1 N–H and O–H groups in total. The summed E-state index contributed by atoms with van der Waals surface area (Å²) >= 11 is 0. The smallest absolute Gasteiger partial charge is 0.223 e. The molecule has 0 bridgehead atoms. The number of rotatable bonds is 9. The van der Waals surface area contributed by atoms with Gasteiger partial charge in [0.15, 0.2) is 5.88 Å². The Hall–Kier alpha value is -2.57. The topological polar surface area (TPSA) is 50.8 Å². The summed E-state index contributed by atoms with van der Waals surface area (Å²) in [5.74, 6) is 1.04. The molecule has 1 saturated heterocycles. The number of likely N-dealkylation sites (tertiary alicyclic amines) is 1. The second-order valence-corrected chi connectivity index (χ2v) is 10.2. The summed E-state index contributed by atoms with van der Waals surface area (Å²) < 4.78 is 38.9. The van der Waals surface area contributed by atoms with Gasteiger partial charge >= 0.3 is 0 Å². The van der Waals surface area contributed by atoms with Crippen LogP contribution in [0.25, 0.3) is 5.57 Å². The molecule has 1 atom stereocenters. The van der Waals surface area contributed by atoms with Gasteiger partial charge in [0.25, 0.3) is 0 Å². The van der Waals surface area contributed by atoms with Gasteiger partial charge in [0.05, 0.1) is 6.61 Å².